The first-order chi connectivity index (χ1) is 7.41. The Morgan fingerprint density at radius 1 is 0.867 bits per heavy atom. The summed E-state index contributed by atoms with van der Waals surface area (Å²) < 4.78 is 0. The molecule has 0 aromatic heterocycles. The van der Waals surface area contributed by atoms with Crippen molar-refractivity contribution in [1.82, 2.24) is 0 Å². The molecule has 82 valence electrons. The number of allylic oxidation sites excluding steroid dienone is 6. The van der Waals surface area contributed by atoms with Gasteiger partial charge in [-0.15, -0.1) is 0 Å². The van der Waals surface area contributed by atoms with Crippen LogP contribution in [0.1, 0.15) is 45.4 Å². The number of hydrogen-bond donors (Lipinski definition) is 0. The summed E-state index contributed by atoms with van der Waals surface area (Å²) in [5, 5.41) is 8.29. The van der Waals surface area contributed by atoms with E-state index in [0.717, 1.165) is 12.8 Å². The number of rotatable bonds is 8. The molecule has 0 saturated carbocycles. The van der Waals surface area contributed by atoms with Crippen molar-refractivity contribution in [3.8, 4) is 6.07 Å². The van der Waals surface area contributed by atoms with Crippen LogP contribution < -0.4 is 0 Å². The van der Waals surface area contributed by atoms with E-state index in [-0.39, 0.29) is 0 Å². The second-order valence-electron chi connectivity index (χ2n) is 3.38. The molecule has 0 amide bonds. The van der Waals surface area contributed by atoms with Gasteiger partial charge in [-0.1, -0.05) is 36.5 Å². The average Bonchev–Trinajstić information content (AvgIpc) is 2.26. The lowest BCUT2D eigenvalue weighted by atomic mass is 10.2. The van der Waals surface area contributed by atoms with Crippen molar-refractivity contribution in [2.75, 3.05) is 0 Å². The van der Waals surface area contributed by atoms with Gasteiger partial charge in [0, 0.05) is 0 Å². The number of nitriles is 1. The molecule has 1 heteroatoms. The minimum absolute atomic E-state index is 0.535. The summed E-state index contributed by atoms with van der Waals surface area (Å²) >= 11 is 0. The van der Waals surface area contributed by atoms with Gasteiger partial charge in [-0.2, -0.15) is 5.26 Å². The quantitative estimate of drug-likeness (QED) is 0.419. The van der Waals surface area contributed by atoms with E-state index in [1.54, 1.807) is 0 Å². The Balaban J connectivity index is 3.21. The molecule has 0 atom stereocenters. The topological polar surface area (TPSA) is 23.8 Å². The molecule has 0 aromatic carbocycles. The maximum absolute atomic E-state index is 8.29. The van der Waals surface area contributed by atoms with Crippen molar-refractivity contribution in [3.05, 3.63) is 36.5 Å². The Morgan fingerprint density at radius 2 is 1.47 bits per heavy atom. The van der Waals surface area contributed by atoms with Crippen LogP contribution in [0.4, 0.5) is 0 Å². The van der Waals surface area contributed by atoms with Crippen molar-refractivity contribution < 1.29 is 0 Å². The van der Waals surface area contributed by atoms with Crippen LogP contribution in [0.3, 0.4) is 0 Å². The molecule has 0 heterocycles. The summed E-state index contributed by atoms with van der Waals surface area (Å²) in [6, 6.07) is 2.09. The highest BCUT2D eigenvalue weighted by atomic mass is 14.2. The van der Waals surface area contributed by atoms with Crippen molar-refractivity contribution in [2.24, 2.45) is 0 Å². The van der Waals surface area contributed by atoms with E-state index in [2.05, 4.69) is 43.4 Å². The molecule has 0 fully saturated rings. The third-order valence-corrected chi connectivity index (χ3v) is 2.02. The fourth-order valence-corrected chi connectivity index (χ4v) is 1.20. The maximum Gasteiger partial charge on any atom is 0.0663 e. The lowest BCUT2D eigenvalue weighted by Crippen LogP contribution is -1.70. The zero-order valence-electron chi connectivity index (χ0n) is 9.65. The Kier molecular flexibility index (Phi) is 11.6. The van der Waals surface area contributed by atoms with Crippen LogP contribution >= 0.6 is 0 Å². The van der Waals surface area contributed by atoms with Gasteiger partial charge < -0.3 is 0 Å². The van der Waals surface area contributed by atoms with Gasteiger partial charge in [-0.25, -0.2) is 0 Å². The number of nitrogens with zero attached hydrogens (tertiary/aromatic N) is 1. The van der Waals surface area contributed by atoms with E-state index in [1.807, 2.05) is 6.08 Å². The second kappa shape index (κ2) is 12.7. The minimum Gasteiger partial charge on any atom is -0.198 e. The summed E-state index contributed by atoms with van der Waals surface area (Å²) in [4.78, 5) is 0. The number of hydrogen-bond acceptors (Lipinski definition) is 1. The largest absolute Gasteiger partial charge is 0.198 e. The van der Waals surface area contributed by atoms with Crippen LogP contribution in [0.5, 0.6) is 0 Å². The predicted octanol–water partition coefficient (Wildman–Crippen LogP) is 4.54. The summed E-state index contributed by atoms with van der Waals surface area (Å²) in [6.45, 7) is 2.06. The highest BCUT2D eigenvalue weighted by molar-refractivity contribution is 4.92. The van der Waals surface area contributed by atoms with E-state index >= 15 is 0 Å². The predicted molar refractivity (Wildman–Crippen MR) is 66.4 cm³/mol. The first-order valence-corrected chi connectivity index (χ1v) is 5.70. The SMILES string of the molecule is C/C=C/CCC/C=C/CC/C=C/CC#N. The highest BCUT2D eigenvalue weighted by Crippen LogP contribution is 2.00. The molecule has 0 saturated heterocycles. The third-order valence-electron chi connectivity index (χ3n) is 2.02. The summed E-state index contributed by atoms with van der Waals surface area (Å²) in [6.07, 6.45) is 19.1. The molecule has 0 bridgehead atoms. The Labute approximate surface area is 93.8 Å². The van der Waals surface area contributed by atoms with Gasteiger partial charge in [0.2, 0.25) is 0 Å². The normalized spacial score (nSPS) is 11.7. The van der Waals surface area contributed by atoms with E-state index in [1.165, 1.54) is 19.3 Å². The van der Waals surface area contributed by atoms with E-state index in [4.69, 9.17) is 5.26 Å². The lowest BCUT2D eigenvalue weighted by Gasteiger charge is -1.90. The van der Waals surface area contributed by atoms with E-state index in [0.29, 0.717) is 6.42 Å². The molecule has 15 heavy (non-hydrogen) atoms. The van der Waals surface area contributed by atoms with Gasteiger partial charge in [0.15, 0.2) is 0 Å². The van der Waals surface area contributed by atoms with Crippen molar-refractivity contribution >= 4 is 0 Å². The molecule has 0 aliphatic heterocycles. The monoisotopic (exact) mass is 203 g/mol. The Morgan fingerprint density at radius 3 is 2.13 bits per heavy atom. The van der Waals surface area contributed by atoms with Crippen LogP contribution in [0.25, 0.3) is 0 Å². The van der Waals surface area contributed by atoms with Crippen LogP contribution in [-0.4, -0.2) is 0 Å². The summed E-state index contributed by atoms with van der Waals surface area (Å²) in [5.41, 5.74) is 0. The second-order valence-corrected chi connectivity index (χ2v) is 3.38. The molecule has 0 aliphatic rings. The van der Waals surface area contributed by atoms with E-state index in [9.17, 15) is 0 Å². The maximum atomic E-state index is 8.29. The fourth-order valence-electron chi connectivity index (χ4n) is 1.20. The van der Waals surface area contributed by atoms with Crippen molar-refractivity contribution in [3.63, 3.8) is 0 Å². The summed E-state index contributed by atoms with van der Waals surface area (Å²) in [7, 11) is 0. The molecular formula is C14H21N. The molecule has 0 radical (unpaired) electrons. The van der Waals surface area contributed by atoms with Crippen LogP contribution in [-0.2, 0) is 0 Å². The lowest BCUT2D eigenvalue weighted by molar-refractivity contribution is 0.861. The van der Waals surface area contributed by atoms with Crippen molar-refractivity contribution in [2.45, 2.75) is 45.4 Å². The molecule has 0 aromatic rings. The molecule has 0 rings (SSSR count). The third kappa shape index (κ3) is 12.7. The van der Waals surface area contributed by atoms with Gasteiger partial charge >= 0.3 is 0 Å². The molecule has 0 N–H and O–H groups in total. The molecule has 0 unspecified atom stereocenters. The molecule has 0 aliphatic carbocycles. The van der Waals surface area contributed by atoms with Gasteiger partial charge in [-0.3, -0.25) is 0 Å². The zero-order chi connectivity index (χ0) is 11.2. The Bertz CT molecular complexity index is 241. The fraction of sp³-hybridized carbons (Fsp3) is 0.500. The van der Waals surface area contributed by atoms with Gasteiger partial charge in [0.1, 0.15) is 0 Å². The number of unbranched alkanes of at least 4 members (excludes halogenated alkanes) is 3. The molecular weight excluding hydrogens is 182 g/mol. The molecule has 1 nitrogen and oxygen atoms in total. The van der Waals surface area contributed by atoms with Crippen LogP contribution in [0, 0.1) is 11.3 Å². The smallest absolute Gasteiger partial charge is 0.0663 e. The van der Waals surface area contributed by atoms with Gasteiger partial charge in [-0.05, 0) is 39.0 Å². The van der Waals surface area contributed by atoms with E-state index < -0.39 is 0 Å². The van der Waals surface area contributed by atoms with Crippen LogP contribution in [0.2, 0.25) is 0 Å². The summed E-state index contributed by atoms with van der Waals surface area (Å²) in [5.74, 6) is 0. The standard InChI is InChI=1S/C14H21N/c1-2-3-4-5-6-7-8-9-10-11-12-13-14-15/h2-3,7-8,11-12H,4-6,9-10,13H2,1H3/b3-2+,8-7+,12-11+. The average molecular weight is 203 g/mol. The minimum atomic E-state index is 0.535. The van der Waals surface area contributed by atoms with Gasteiger partial charge in [0.05, 0.1) is 12.5 Å². The van der Waals surface area contributed by atoms with Gasteiger partial charge in [0.25, 0.3) is 0 Å². The van der Waals surface area contributed by atoms with Crippen molar-refractivity contribution in [1.29, 1.82) is 5.26 Å². The zero-order valence-corrected chi connectivity index (χ0v) is 9.65. The first-order valence-electron chi connectivity index (χ1n) is 5.70. The Hall–Kier alpha value is -1.29. The highest BCUT2D eigenvalue weighted by Gasteiger charge is 1.80. The first kappa shape index (κ1) is 13.7. The molecule has 0 spiro atoms. The van der Waals surface area contributed by atoms with Crippen LogP contribution in [0.15, 0.2) is 36.5 Å².